The van der Waals surface area contributed by atoms with Gasteiger partial charge in [0.1, 0.15) is 0 Å². The number of nitrogens with zero attached hydrogens (tertiary/aromatic N) is 1. The van der Waals surface area contributed by atoms with E-state index < -0.39 is 48.3 Å². The molecule has 0 aliphatic carbocycles. The van der Waals surface area contributed by atoms with Crippen molar-refractivity contribution in [2.75, 3.05) is 0 Å². The van der Waals surface area contributed by atoms with E-state index in [-0.39, 0.29) is 13.0 Å². The van der Waals surface area contributed by atoms with Gasteiger partial charge < -0.3 is 17.6 Å². The number of hydrogen-bond acceptors (Lipinski definition) is 3. The largest absolute Gasteiger partial charge is 0.435 e. The Morgan fingerprint density at radius 3 is 0.639 bits per heavy atom. The third-order valence-corrected chi connectivity index (χ3v) is 5.54. The van der Waals surface area contributed by atoms with Crippen molar-refractivity contribution >= 4 is 0 Å². The molecule has 36 heavy (non-hydrogen) atoms. The maximum Gasteiger partial charge on any atom is 0.435 e. The van der Waals surface area contributed by atoms with Crippen LogP contribution < -0.4 is 0 Å². The second kappa shape index (κ2) is 12.4. The molecule has 0 saturated carbocycles. The van der Waals surface area contributed by atoms with Gasteiger partial charge in [0.2, 0.25) is 0 Å². The third kappa shape index (κ3) is 9.82. The molecule has 0 rings (SSSR count). The van der Waals surface area contributed by atoms with Gasteiger partial charge in [0, 0.05) is 0 Å². The van der Waals surface area contributed by atoms with Crippen molar-refractivity contribution in [2.45, 2.75) is 81.0 Å². The van der Waals surface area contributed by atoms with Gasteiger partial charge in [0.25, 0.3) is 0 Å². The summed E-state index contributed by atoms with van der Waals surface area (Å²) in [4.78, 5) is 0. The van der Waals surface area contributed by atoms with Crippen LogP contribution in [0.3, 0.4) is 0 Å². The maximum absolute atomic E-state index is 11.4. The van der Waals surface area contributed by atoms with Gasteiger partial charge in [-0.15, -0.1) is 0 Å². The van der Waals surface area contributed by atoms with Crippen molar-refractivity contribution in [3.05, 3.63) is 7.43 Å². The summed E-state index contributed by atoms with van der Waals surface area (Å²) in [5, 5.41) is 15.3. The van der Waals surface area contributed by atoms with E-state index in [1.54, 1.807) is 0 Å². The predicted molar refractivity (Wildman–Crippen MR) is 79.4 cm³/mol. The Morgan fingerprint density at radius 2 is 0.639 bits per heavy atom. The summed E-state index contributed by atoms with van der Waals surface area (Å²) in [5.74, 6) is 0. The average molecular weight is 753 g/mol. The second-order valence-corrected chi connectivity index (χ2v) is 7.39. The molecule has 0 amide bonds. The van der Waals surface area contributed by atoms with E-state index in [1.807, 2.05) is 0 Å². The maximum atomic E-state index is 11.4. The number of aliphatic hydroxyl groups is 2. The molecule has 3 nitrogen and oxygen atoms in total. The first-order valence-corrected chi connectivity index (χ1v) is 9.27. The van der Waals surface area contributed by atoms with Gasteiger partial charge in [-0.2, -0.15) is 79.0 Å². The van der Waals surface area contributed by atoms with Gasteiger partial charge in [-0.05, 0) is 0 Å². The molecule has 0 heterocycles. The summed E-state index contributed by atoms with van der Waals surface area (Å²) in [5.41, 5.74) is -13.1. The molecule has 22 heteroatoms. The normalized spacial score (nSPS) is 14.5. The zero-order chi connectivity index (χ0) is 29.9. The summed E-state index contributed by atoms with van der Waals surface area (Å²) in [6.07, 6.45) is -40.1. The van der Waals surface area contributed by atoms with E-state index >= 15 is 0 Å². The minimum atomic E-state index is -6.87. The van der Waals surface area contributed by atoms with Gasteiger partial charge in [-0.25, -0.2) is 0 Å². The molecule has 0 radical (unpaired) electrons. The van der Waals surface area contributed by atoms with Crippen LogP contribution in [0.2, 0.25) is 0 Å². The fourth-order valence-corrected chi connectivity index (χ4v) is 1.54. The standard InChI is InChI=1S/C5H11N.2C4HF9O.CH3.Ta/c1-4-5(2,3)6;2*5-2(6,7)1(14,3(8,9)10)4(11,12)13;;/h4H2,1-3H3;2*14H;1H3;/q;;;-1;. The van der Waals surface area contributed by atoms with Crippen molar-refractivity contribution in [3.63, 3.8) is 0 Å². The molecular weight excluding hydrogens is 737 g/mol. The first kappa shape index (κ1) is 42.3. The number of alkyl halides is 18. The van der Waals surface area contributed by atoms with Crippen LogP contribution >= 0.6 is 0 Å². The Hall–Kier alpha value is -0.800. The summed E-state index contributed by atoms with van der Waals surface area (Å²) in [6.45, 7) is 6.48. The van der Waals surface area contributed by atoms with Gasteiger partial charge in [0.05, 0.1) is 0 Å². The van der Waals surface area contributed by atoms with Crippen LogP contribution in [0, 0.1) is 7.43 Å². The molecule has 221 valence electrons. The zero-order valence-electron chi connectivity index (χ0n) is 17.8. The Kier molecular flexibility index (Phi) is 14.5. The number of halogens is 18. The van der Waals surface area contributed by atoms with Crippen molar-refractivity contribution < 1.29 is 110 Å². The van der Waals surface area contributed by atoms with Crippen LogP contribution in [-0.2, 0) is 20.9 Å². The van der Waals surface area contributed by atoms with Crippen LogP contribution in [0.1, 0.15) is 27.2 Å². The Balaban J connectivity index is -0.000000222. The topological polar surface area (TPSA) is 52.8 Å². The van der Waals surface area contributed by atoms with Crippen LogP contribution in [0.4, 0.5) is 79.0 Å². The van der Waals surface area contributed by atoms with Crippen molar-refractivity contribution in [2.24, 2.45) is 3.34 Å². The monoisotopic (exact) mass is 753 g/mol. The molecule has 0 aliphatic heterocycles. The van der Waals surface area contributed by atoms with E-state index in [2.05, 4.69) is 24.1 Å². The molecule has 0 aromatic heterocycles. The smallest absolute Gasteiger partial charge is 0.367 e. The van der Waals surface area contributed by atoms with Crippen LogP contribution in [-0.4, -0.2) is 64.0 Å². The first-order valence-electron chi connectivity index (χ1n) is 7.83. The SMILES string of the molecule is CCC(C)(C)[N]=[Ta].OC(C(F)(F)F)(C(F)(F)F)C(F)(F)F.OC(C(F)(F)F)(C(F)(F)F)C(F)(F)F.[CH3-]. The van der Waals surface area contributed by atoms with E-state index in [0.29, 0.717) is 0 Å². The average Bonchev–Trinajstić information content (AvgIpc) is 2.55. The molecule has 0 aromatic rings. The summed E-state index contributed by atoms with van der Waals surface area (Å²) >= 11 is 1.16. The quantitative estimate of drug-likeness (QED) is 0.233. The number of rotatable bonds is 2. The summed E-state index contributed by atoms with van der Waals surface area (Å²) in [7, 11) is 0. The fraction of sp³-hybridized carbons (Fsp3) is 0.929. The van der Waals surface area contributed by atoms with Crippen molar-refractivity contribution in [1.82, 2.24) is 0 Å². The van der Waals surface area contributed by atoms with Crippen LogP contribution in [0.15, 0.2) is 3.34 Å². The Labute approximate surface area is 202 Å². The number of hydrogen-bond donors (Lipinski definition) is 2. The molecule has 0 atom stereocenters. The van der Waals surface area contributed by atoms with Gasteiger partial charge >= 0.3 is 105 Å². The molecule has 0 fully saturated rings. The molecule has 0 spiro atoms. The van der Waals surface area contributed by atoms with E-state index in [4.69, 9.17) is 10.2 Å². The molecule has 0 unspecified atom stereocenters. The molecule has 0 aliphatic rings. The van der Waals surface area contributed by atoms with Crippen molar-refractivity contribution in [3.8, 4) is 0 Å². The first-order chi connectivity index (χ1) is 14.6. The fourth-order valence-electron chi connectivity index (χ4n) is 1.03. The predicted octanol–water partition coefficient (Wildman–Crippen LogP) is 7.16. The second-order valence-electron chi connectivity index (χ2n) is 6.67. The molecule has 0 aromatic carbocycles. The molecule has 0 bridgehead atoms. The van der Waals surface area contributed by atoms with E-state index in [9.17, 15) is 79.0 Å². The van der Waals surface area contributed by atoms with Crippen molar-refractivity contribution in [1.29, 1.82) is 0 Å². The van der Waals surface area contributed by atoms with Crippen LogP contribution in [0.25, 0.3) is 0 Å². The summed E-state index contributed by atoms with van der Waals surface area (Å²) < 4.78 is 210. The third-order valence-electron chi connectivity index (χ3n) is 3.60. The zero-order valence-corrected chi connectivity index (χ0v) is 21.0. The van der Waals surface area contributed by atoms with Gasteiger partial charge in [-0.1, -0.05) is 0 Å². The van der Waals surface area contributed by atoms with Gasteiger partial charge in [-0.3, -0.25) is 0 Å². The summed E-state index contributed by atoms with van der Waals surface area (Å²) in [6, 6.07) is 0. The van der Waals surface area contributed by atoms with Gasteiger partial charge in [0.15, 0.2) is 0 Å². The molecule has 2 N–H and O–H groups in total. The van der Waals surface area contributed by atoms with Crippen LogP contribution in [0.5, 0.6) is 0 Å². The van der Waals surface area contributed by atoms with E-state index in [0.717, 1.165) is 27.3 Å². The van der Waals surface area contributed by atoms with E-state index in [1.165, 1.54) is 0 Å². The Morgan fingerprint density at radius 1 is 0.500 bits per heavy atom. The Bertz CT molecular complexity index is 548. The minimum absolute atomic E-state index is 0. The molecular formula is C14H16F18NO2Ta-. The molecule has 0 saturated heterocycles. The minimum Gasteiger partial charge on any atom is -0.367 e.